The number of carbonyl (C=O) groups excluding carboxylic acids is 1. The summed E-state index contributed by atoms with van der Waals surface area (Å²) >= 11 is 0. The Morgan fingerprint density at radius 3 is 3.00 bits per heavy atom. The van der Waals surface area contributed by atoms with Gasteiger partial charge in [0.25, 0.3) is 0 Å². The fourth-order valence-electron chi connectivity index (χ4n) is 0.993. The number of hydrogen-bond donors (Lipinski definition) is 0. The van der Waals surface area contributed by atoms with Crippen LogP contribution in [0.15, 0.2) is 24.5 Å². The topological polar surface area (TPSA) is 48.4 Å². The minimum atomic E-state index is -0.361. The van der Waals surface area contributed by atoms with Gasteiger partial charge in [-0.2, -0.15) is 0 Å². The van der Waals surface area contributed by atoms with Crippen molar-refractivity contribution in [1.29, 1.82) is 0 Å². The largest absolute Gasteiger partial charge is 0.495 e. The van der Waals surface area contributed by atoms with Gasteiger partial charge >= 0.3 is 5.97 Å². The number of nitrogens with zero attached hydrogens (tertiary/aromatic N) is 1. The average Bonchev–Trinajstić information content (AvgIpc) is 2.27. The van der Waals surface area contributed by atoms with Crippen LogP contribution >= 0.6 is 0 Å². The summed E-state index contributed by atoms with van der Waals surface area (Å²) in [5, 5.41) is 0. The molecule has 0 aliphatic rings. The van der Waals surface area contributed by atoms with Gasteiger partial charge in [-0.15, -0.1) is 0 Å². The number of carbonyl (C=O) groups is 1. The van der Waals surface area contributed by atoms with Gasteiger partial charge in [0.2, 0.25) is 0 Å². The lowest BCUT2D eigenvalue weighted by atomic mass is 10.2. The maximum absolute atomic E-state index is 11.0. The van der Waals surface area contributed by atoms with E-state index in [2.05, 4.69) is 4.98 Å². The molecular weight excluding hydrogens is 194 g/mol. The molecule has 0 radical (unpaired) electrons. The second kappa shape index (κ2) is 5.80. The van der Waals surface area contributed by atoms with Crippen molar-refractivity contribution in [3.8, 4) is 5.75 Å². The van der Waals surface area contributed by atoms with Crippen molar-refractivity contribution in [2.24, 2.45) is 0 Å². The quantitative estimate of drug-likeness (QED) is 0.556. The van der Waals surface area contributed by atoms with Gasteiger partial charge in [0, 0.05) is 12.3 Å². The fourth-order valence-corrected chi connectivity index (χ4v) is 0.993. The summed E-state index contributed by atoms with van der Waals surface area (Å²) in [6, 6.07) is 1.78. The lowest BCUT2D eigenvalue weighted by molar-refractivity contribution is -0.137. The van der Waals surface area contributed by atoms with Gasteiger partial charge < -0.3 is 9.47 Å². The third kappa shape index (κ3) is 3.81. The van der Waals surface area contributed by atoms with Crippen LogP contribution in [-0.2, 0) is 9.53 Å². The zero-order valence-electron chi connectivity index (χ0n) is 8.77. The predicted octanol–water partition coefficient (Wildman–Crippen LogP) is 1.67. The van der Waals surface area contributed by atoms with Crippen molar-refractivity contribution < 1.29 is 14.3 Å². The van der Waals surface area contributed by atoms with E-state index in [1.54, 1.807) is 38.6 Å². The molecular formula is C11H13NO3. The number of hydrogen-bond acceptors (Lipinski definition) is 4. The van der Waals surface area contributed by atoms with Gasteiger partial charge in [-0.05, 0) is 24.6 Å². The Bertz CT molecular complexity index is 361. The van der Waals surface area contributed by atoms with Crippen LogP contribution in [0.4, 0.5) is 0 Å². The van der Waals surface area contributed by atoms with E-state index < -0.39 is 0 Å². The Labute approximate surface area is 88.5 Å². The standard InChI is InChI=1S/C11H13NO3/c1-3-15-11(13)5-4-9-6-10(14-2)8-12-7-9/h4-8H,3H2,1-2H3. The van der Waals surface area contributed by atoms with Crippen LogP contribution in [0.5, 0.6) is 5.75 Å². The zero-order valence-corrected chi connectivity index (χ0v) is 8.77. The number of pyridine rings is 1. The smallest absolute Gasteiger partial charge is 0.330 e. The van der Waals surface area contributed by atoms with Crippen molar-refractivity contribution in [1.82, 2.24) is 4.98 Å². The molecule has 0 atom stereocenters. The van der Waals surface area contributed by atoms with Crippen molar-refractivity contribution in [2.45, 2.75) is 6.92 Å². The highest BCUT2D eigenvalue weighted by atomic mass is 16.5. The van der Waals surface area contributed by atoms with Crippen LogP contribution < -0.4 is 4.74 Å². The van der Waals surface area contributed by atoms with Crippen LogP contribution in [0.2, 0.25) is 0 Å². The first-order chi connectivity index (χ1) is 7.26. The molecule has 1 heterocycles. The highest BCUT2D eigenvalue weighted by Crippen LogP contribution is 2.11. The highest BCUT2D eigenvalue weighted by molar-refractivity contribution is 5.86. The molecule has 1 aromatic rings. The second-order valence-electron chi connectivity index (χ2n) is 2.74. The first-order valence-corrected chi connectivity index (χ1v) is 4.60. The van der Waals surface area contributed by atoms with Crippen molar-refractivity contribution >= 4 is 12.0 Å². The molecule has 0 saturated heterocycles. The molecule has 0 unspecified atom stereocenters. The van der Waals surface area contributed by atoms with E-state index in [4.69, 9.17) is 9.47 Å². The molecule has 4 heteroatoms. The molecule has 4 nitrogen and oxygen atoms in total. The molecule has 0 spiro atoms. The van der Waals surface area contributed by atoms with E-state index in [1.807, 2.05) is 0 Å². The van der Waals surface area contributed by atoms with E-state index in [0.29, 0.717) is 12.4 Å². The van der Waals surface area contributed by atoms with E-state index in [-0.39, 0.29) is 5.97 Å². The molecule has 15 heavy (non-hydrogen) atoms. The molecule has 0 saturated carbocycles. The first kappa shape index (κ1) is 11.2. The molecule has 0 fully saturated rings. The lowest BCUT2D eigenvalue weighted by Gasteiger charge is -1.99. The Kier molecular flexibility index (Phi) is 4.34. The summed E-state index contributed by atoms with van der Waals surface area (Å²) in [4.78, 5) is 15.0. The molecule has 0 aliphatic heterocycles. The third-order valence-electron chi connectivity index (χ3n) is 1.67. The molecule has 1 rings (SSSR count). The van der Waals surface area contributed by atoms with Crippen LogP contribution in [0.25, 0.3) is 6.08 Å². The van der Waals surface area contributed by atoms with E-state index in [0.717, 1.165) is 5.56 Å². The monoisotopic (exact) mass is 207 g/mol. The summed E-state index contributed by atoms with van der Waals surface area (Å²) in [6.07, 6.45) is 6.23. The molecule has 80 valence electrons. The van der Waals surface area contributed by atoms with Crippen LogP contribution in [0.1, 0.15) is 12.5 Å². The molecule has 0 aliphatic carbocycles. The minimum absolute atomic E-state index is 0.361. The molecule has 0 bridgehead atoms. The number of methoxy groups -OCH3 is 1. The van der Waals surface area contributed by atoms with Crippen LogP contribution in [-0.4, -0.2) is 24.7 Å². The van der Waals surface area contributed by atoms with Gasteiger partial charge in [-0.25, -0.2) is 4.79 Å². The number of ether oxygens (including phenoxy) is 2. The summed E-state index contributed by atoms with van der Waals surface area (Å²) in [7, 11) is 1.57. The Morgan fingerprint density at radius 1 is 1.53 bits per heavy atom. The molecule has 1 aromatic heterocycles. The normalized spacial score (nSPS) is 10.3. The van der Waals surface area contributed by atoms with E-state index >= 15 is 0 Å². The van der Waals surface area contributed by atoms with Crippen LogP contribution in [0.3, 0.4) is 0 Å². The maximum Gasteiger partial charge on any atom is 0.330 e. The van der Waals surface area contributed by atoms with Crippen molar-refractivity contribution in [2.75, 3.05) is 13.7 Å². The number of rotatable bonds is 4. The van der Waals surface area contributed by atoms with Crippen molar-refractivity contribution in [3.05, 3.63) is 30.1 Å². The molecule has 0 amide bonds. The SMILES string of the molecule is CCOC(=O)C=Cc1cncc(OC)c1. The predicted molar refractivity (Wildman–Crippen MR) is 56.5 cm³/mol. The minimum Gasteiger partial charge on any atom is -0.495 e. The van der Waals surface area contributed by atoms with E-state index in [1.165, 1.54) is 6.08 Å². The van der Waals surface area contributed by atoms with Crippen molar-refractivity contribution in [3.63, 3.8) is 0 Å². The third-order valence-corrected chi connectivity index (χ3v) is 1.67. The average molecular weight is 207 g/mol. The number of aromatic nitrogens is 1. The van der Waals surface area contributed by atoms with Gasteiger partial charge in [0.15, 0.2) is 0 Å². The summed E-state index contributed by atoms with van der Waals surface area (Å²) < 4.78 is 9.74. The Morgan fingerprint density at radius 2 is 2.33 bits per heavy atom. The highest BCUT2D eigenvalue weighted by Gasteiger charge is 1.95. The fraction of sp³-hybridized carbons (Fsp3) is 0.273. The van der Waals surface area contributed by atoms with Gasteiger partial charge in [-0.3, -0.25) is 4.98 Å². The first-order valence-electron chi connectivity index (χ1n) is 4.60. The Hall–Kier alpha value is -1.84. The second-order valence-corrected chi connectivity index (χ2v) is 2.74. The van der Waals surface area contributed by atoms with Crippen LogP contribution in [0, 0.1) is 0 Å². The van der Waals surface area contributed by atoms with E-state index in [9.17, 15) is 4.79 Å². The summed E-state index contributed by atoms with van der Waals surface area (Å²) in [5.74, 6) is 0.293. The lowest BCUT2D eigenvalue weighted by Crippen LogP contribution is -1.98. The summed E-state index contributed by atoms with van der Waals surface area (Å²) in [5.41, 5.74) is 0.794. The summed E-state index contributed by atoms with van der Waals surface area (Å²) in [6.45, 7) is 2.14. The zero-order chi connectivity index (χ0) is 11.1. The number of esters is 1. The van der Waals surface area contributed by atoms with Gasteiger partial charge in [0.1, 0.15) is 5.75 Å². The molecule has 0 aromatic carbocycles. The Balaban J connectivity index is 2.67. The maximum atomic E-state index is 11.0. The molecule has 0 N–H and O–H groups in total. The van der Waals surface area contributed by atoms with Gasteiger partial charge in [-0.1, -0.05) is 0 Å². The van der Waals surface area contributed by atoms with Gasteiger partial charge in [0.05, 0.1) is 19.9 Å².